The molecule has 0 aromatic carbocycles. The Labute approximate surface area is 99.3 Å². The quantitative estimate of drug-likeness (QED) is 0.335. The van der Waals surface area contributed by atoms with Crippen LogP contribution in [0.15, 0.2) is 0 Å². The molecule has 10 heavy (non-hydrogen) atoms. The molecule has 0 atom stereocenters. The minimum absolute atomic E-state index is 0. The molecule has 0 bridgehead atoms. The van der Waals surface area contributed by atoms with E-state index < -0.39 is 17.8 Å². The minimum Gasteiger partial charge on any atom is -0.277 e. The van der Waals surface area contributed by atoms with Crippen LogP contribution < -0.4 is 10.6 Å². The van der Waals surface area contributed by atoms with Crippen LogP contribution in [0.1, 0.15) is 6.42 Å². The van der Waals surface area contributed by atoms with Gasteiger partial charge in [0.25, 0.3) is 0 Å². The normalized spacial score (nSPS) is 17.0. The molecule has 0 aromatic heterocycles. The summed E-state index contributed by atoms with van der Waals surface area (Å²) in [6.45, 7) is 0. The number of carbonyl (C=O) groups is 3. The van der Waals surface area contributed by atoms with Gasteiger partial charge in [-0.1, -0.05) is 0 Å². The zero-order chi connectivity index (χ0) is 6.85. The average molecular weight is 167 g/mol. The first-order chi connectivity index (χ1) is 4.18. The van der Waals surface area contributed by atoms with Gasteiger partial charge in [-0.25, -0.2) is 4.79 Å². The first kappa shape index (κ1) is 10.2. The third kappa shape index (κ3) is 2.89. The number of barbiturate groups is 1. The largest absolute Gasteiger partial charge is 0.328 e. The molecule has 4 amide bonds. The Kier molecular flexibility index (Phi) is 4.30. The van der Waals surface area contributed by atoms with E-state index in [0.717, 1.165) is 0 Å². The van der Waals surface area contributed by atoms with Crippen molar-refractivity contribution < 1.29 is 14.4 Å². The first-order valence-corrected chi connectivity index (χ1v) is 2.32. The summed E-state index contributed by atoms with van der Waals surface area (Å²) in [6, 6.07) is -0.740. The van der Waals surface area contributed by atoms with Crippen LogP contribution in [0.4, 0.5) is 4.79 Å². The van der Waals surface area contributed by atoms with Gasteiger partial charge in [0.15, 0.2) is 0 Å². The number of amides is 4. The van der Waals surface area contributed by atoms with Gasteiger partial charge in [-0.05, 0) is 0 Å². The Bertz CT molecular complexity index is 146. The fourth-order valence-electron chi connectivity index (χ4n) is 0.519. The summed E-state index contributed by atoms with van der Waals surface area (Å²) in [5, 5.41) is 3.80. The molecule has 1 saturated heterocycles. The molecule has 0 spiro atoms. The Morgan fingerprint density at radius 2 is 1.40 bits per heavy atom. The molecular formula is C4H4KN2O3. The monoisotopic (exact) mass is 167 g/mol. The van der Waals surface area contributed by atoms with Crippen molar-refractivity contribution in [1.29, 1.82) is 0 Å². The van der Waals surface area contributed by atoms with Gasteiger partial charge in [0.2, 0.25) is 11.8 Å². The fraction of sp³-hybridized carbons (Fsp3) is 0.250. The minimum atomic E-state index is -0.740. The summed E-state index contributed by atoms with van der Waals surface area (Å²) in [5.74, 6) is -1.10. The van der Waals surface area contributed by atoms with E-state index in [0.29, 0.717) is 0 Å². The smallest absolute Gasteiger partial charge is 0.277 e. The Morgan fingerprint density at radius 1 is 1.00 bits per heavy atom. The number of nitrogens with one attached hydrogen (secondary N) is 2. The molecule has 49 valence electrons. The van der Waals surface area contributed by atoms with Crippen LogP contribution in [0, 0.1) is 0 Å². The maximum absolute atomic E-state index is 10.3. The summed E-state index contributed by atoms with van der Waals surface area (Å²) >= 11 is 0. The molecule has 6 heteroatoms. The average Bonchev–Trinajstić information content (AvgIpc) is 1.59. The summed E-state index contributed by atoms with van der Waals surface area (Å²) < 4.78 is 0. The van der Waals surface area contributed by atoms with Crippen molar-refractivity contribution in [3.05, 3.63) is 0 Å². The van der Waals surface area contributed by atoms with Crippen molar-refractivity contribution in [3.63, 3.8) is 0 Å². The van der Waals surface area contributed by atoms with Gasteiger partial charge in [-0.15, -0.1) is 0 Å². The van der Waals surface area contributed by atoms with Crippen molar-refractivity contribution in [3.8, 4) is 0 Å². The Hall–Kier alpha value is 0.246. The molecule has 1 aliphatic rings. The van der Waals surface area contributed by atoms with Crippen molar-refractivity contribution in [2.45, 2.75) is 6.42 Å². The molecular weight excluding hydrogens is 163 g/mol. The number of hydrogen-bond acceptors (Lipinski definition) is 3. The zero-order valence-electron chi connectivity index (χ0n) is 5.43. The van der Waals surface area contributed by atoms with Crippen molar-refractivity contribution in [1.82, 2.24) is 10.6 Å². The molecule has 0 unspecified atom stereocenters. The van der Waals surface area contributed by atoms with Gasteiger partial charge in [0.1, 0.15) is 6.42 Å². The molecule has 1 rings (SSSR count). The molecule has 1 heterocycles. The van der Waals surface area contributed by atoms with Gasteiger partial charge in [0.05, 0.1) is 0 Å². The second-order valence-electron chi connectivity index (χ2n) is 1.60. The second-order valence-corrected chi connectivity index (χ2v) is 1.60. The molecule has 0 aliphatic carbocycles. The number of urea groups is 1. The Morgan fingerprint density at radius 3 is 1.70 bits per heavy atom. The van der Waals surface area contributed by atoms with E-state index in [1.165, 1.54) is 0 Å². The van der Waals surface area contributed by atoms with E-state index in [1.54, 1.807) is 0 Å². The third-order valence-electron chi connectivity index (χ3n) is 0.827. The topological polar surface area (TPSA) is 75.3 Å². The van der Waals surface area contributed by atoms with Crippen molar-refractivity contribution >= 4 is 69.2 Å². The number of imide groups is 2. The van der Waals surface area contributed by atoms with Crippen LogP contribution in [0.2, 0.25) is 0 Å². The summed E-state index contributed by atoms with van der Waals surface area (Å²) in [6.07, 6.45) is -0.258. The maximum Gasteiger partial charge on any atom is 0.328 e. The summed E-state index contributed by atoms with van der Waals surface area (Å²) in [4.78, 5) is 30.8. The van der Waals surface area contributed by atoms with E-state index in [2.05, 4.69) is 0 Å². The van der Waals surface area contributed by atoms with Crippen LogP contribution in [-0.4, -0.2) is 69.2 Å². The van der Waals surface area contributed by atoms with E-state index in [1.807, 2.05) is 10.6 Å². The first-order valence-electron chi connectivity index (χ1n) is 2.32. The maximum atomic E-state index is 10.3. The van der Waals surface area contributed by atoms with Crippen LogP contribution >= 0.6 is 0 Å². The van der Waals surface area contributed by atoms with Crippen molar-refractivity contribution in [2.75, 3.05) is 0 Å². The van der Waals surface area contributed by atoms with Gasteiger partial charge in [0, 0.05) is 51.4 Å². The van der Waals surface area contributed by atoms with Crippen LogP contribution in [0.5, 0.6) is 0 Å². The summed E-state index contributed by atoms with van der Waals surface area (Å²) in [7, 11) is 0. The molecule has 1 fully saturated rings. The molecule has 0 saturated carbocycles. The molecule has 2 N–H and O–H groups in total. The standard InChI is InChI=1S/C4H4N2O3.K/c7-2-1-3(8)6-4(9)5-2;/h1H2,(H2,5,6,7,8,9);. The molecule has 1 aliphatic heterocycles. The van der Waals surface area contributed by atoms with Crippen molar-refractivity contribution in [2.24, 2.45) is 0 Å². The van der Waals surface area contributed by atoms with Crippen LogP contribution in [0.25, 0.3) is 0 Å². The van der Waals surface area contributed by atoms with Gasteiger partial charge >= 0.3 is 6.03 Å². The predicted molar refractivity (Wildman–Crippen MR) is 32.1 cm³/mol. The number of carbonyl (C=O) groups excluding carboxylic acids is 3. The van der Waals surface area contributed by atoms with E-state index in [9.17, 15) is 14.4 Å². The number of hydrogen-bond donors (Lipinski definition) is 2. The molecule has 0 aromatic rings. The van der Waals surface area contributed by atoms with Gasteiger partial charge in [-0.3, -0.25) is 20.2 Å². The molecule has 1 radical (unpaired) electrons. The number of rotatable bonds is 0. The molecule has 5 nitrogen and oxygen atoms in total. The fourth-order valence-corrected chi connectivity index (χ4v) is 0.519. The second kappa shape index (κ2) is 4.19. The third-order valence-corrected chi connectivity index (χ3v) is 0.827. The van der Waals surface area contributed by atoms with Crippen LogP contribution in [-0.2, 0) is 9.59 Å². The van der Waals surface area contributed by atoms with Crippen LogP contribution in [0.3, 0.4) is 0 Å². The van der Waals surface area contributed by atoms with E-state index in [-0.39, 0.29) is 57.8 Å². The SMILES string of the molecule is O=C1CC(=O)NC(=O)N1.[K]. The summed E-state index contributed by atoms with van der Waals surface area (Å²) in [5.41, 5.74) is 0. The zero-order valence-corrected chi connectivity index (χ0v) is 8.55. The van der Waals surface area contributed by atoms with E-state index in [4.69, 9.17) is 0 Å². The van der Waals surface area contributed by atoms with Gasteiger partial charge < -0.3 is 0 Å². The predicted octanol–water partition coefficient (Wildman–Crippen LogP) is -1.64. The van der Waals surface area contributed by atoms with Gasteiger partial charge in [-0.2, -0.15) is 0 Å². The Balaban J connectivity index is 0.000000810. The van der Waals surface area contributed by atoms with E-state index >= 15 is 0 Å².